The van der Waals surface area contributed by atoms with Crippen LogP contribution in [0.4, 0.5) is 0 Å². The van der Waals surface area contributed by atoms with Crippen molar-refractivity contribution in [2.24, 2.45) is 0 Å². The molecule has 1 aliphatic carbocycles. The van der Waals surface area contributed by atoms with E-state index in [0.29, 0.717) is 5.92 Å². The third kappa shape index (κ3) is 4.90. The van der Waals surface area contributed by atoms with Crippen LogP contribution in [0.15, 0.2) is 193 Å². The van der Waals surface area contributed by atoms with E-state index in [2.05, 4.69) is 196 Å². The molecule has 4 heteroatoms. The summed E-state index contributed by atoms with van der Waals surface area (Å²) in [6.45, 7) is 0. The summed E-state index contributed by atoms with van der Waals surface area (Å²) < 4.78 is 4.93. The van der Waals surface area contributed by atoms with Gasteiger partial charge in [0.25, 0.3) is 0 Å². The molecular weight excluding hydrogens is 663 g/mol. The molecule has 3 heterocycles. The van der Waals surface area contributed by atoms with Crippen LogP contribution in [-0.2, 0) is 0 Å². The molecule has 11 rings (SSSR count). The second-order valence-corrected chi connectivity index (χ2v) is 15.3. The lowest BCUT2D eigenvalue weighted by Crippen LogP contribution is -2.12. The zero-order valence-corrected chi connectivity index (χ0v) is 29.8. The molecule has 1 saturated heterocycles. The molecule has 2 atom stereocenters. The Kier molecular flexibility index (Phi) is 6.99. The molecule has 2 aliphatic rings. The lowest BCUT2D eigenvalue weighted by Gasteiger charge is -2.19. The normalized spacial score (nSPS) is 16.9. The summed E-state index contributed by atoms with van der Waals surface area (Å²) in [7, 11) is 0. The number of nitrogens with one attached hydrogen (secondary N) is 1. The Hall–Kier alpha value is -6.23. The van der Waals surface area contributed by atoms with Crippen LogP contribution >= 0.6 is 11.8 Å². The van der Waals surface area contributed by atoms with Gasteiger partial charge in [-0.15, -0.1) is 0 Å². The average Bonchev–Trinajstić information content (AvgIpc) is 3.91. The quantitative estimate of drug-likeness (QED) is 0.193. The summed E-state index contributed by atoms with van der Waals surface area (Å²) in [6, 6.07) is 62.0. The number of para-hydroxylation sites is 3. The minimum absolute atomic E-state index is 0.196. The van der Waals surface area contributed by atoms with Crippen LogP contribution in [0.25, 0.3) is 66.1 Å². The van der Waals surface area contributed by atoms with Crippen LogP contribution in [-0.4, -0.2) is 9.13 Å². The minimum atomic E-state index is 0.196. The number of hydrogen-bond donors (Lipinski definition) is 1. The van der Waals surface area contributed by atoms with Crippen LogP contribution < -0.4 is 5.32 Å². The SMILES string of the molecule is C1=C2NC(c3cccc(-c4ccccc4)c3)SC2=CC(c2cccc(-n3c4ccccc4c4c3ccc3c5ccccc5n(-c5ccccc5)c34)c2)C1. The topological polar surface area (TPSA) is 21.9 Å². The second kappa shape index (κ2) is 12.2. The monoisotopic (exact) mass is 697 g/mol. The maximum Gasteiger partial charge on any atom is 0.103 e. The first-order valence-electron chi connectivity index (χ1n) is 18.4. The second-order valence-electron chi connectivity index (χ2n) is 14.1. The highest BCUT2D eigenvalue weighted by molar-refractivity contribution is 8.03. The van der Waals surface area contributed by atoms with Gasteiger partial charge in [-0.25, -0.2) is 0 Å². The average molecular weight is 698 g/mol. The Bertz CT molecular complexity index is 2930. The zero-order valence-electron chi connectivity index (χ0n) is 29.0. The first-order chi connectivity index (χ1) is 26.3. The zero-order chi connectivity index (χ0) is 34.9. The van der Waals surface area contributed by atoms with E-state index in [9.17, 15) is 0 Å². The van der Waals surface area contributed by atoms with Crippen molar-refractivity contribution in [2.75, 3.05) is 0 Å². The summed E-state index contributed by atoms with van der Waals surface area (Å²) in [5, 5.41) is 9.12. The number of fused-ring (bicyclic) bond motifs is 8. The molecular formula is C49H35N3S. The van der Waals surface area contributed by atoms with Crippen LogP contribution in [0.2, 0.25) is 0 Å². The predicted molar refractivity (Wildman–Crippen MR) is 224 cm³/mol. The lowest BCUT2D eigenvalue weighted by molar-refractivity contribution is 0.785. The fourth-order valence-electron chi connectivity index (χ4n) is 8.64. The molecule has 3 nitrogen and oxygen atoms in total. The van der Waals surface area contributed by atoms with Crippen molar-refractivity contribution in [1.82, 2.24) is 14.5 Å². The third-order valence-corrected chi connectivity index (χ3v) is 12.3. The Morgan fingerprint density at radius 2 is 1.19 bits per heavy atom. The number of benzene rings is 7. The highest BCUT2D eigenvalue weighted by Crippen LogP contribution is 2.48. The Morgan fingerprint density at radius 1 is 0.509 bits per heavy atom. The summed E-state index contributed by atoms with van der Waals surface area (Å²) >= 11 is 1.93. The van der Waals surface area contributed by atoms with E-state index in [4.69, 9.17) is 0 Å². The summed E-state index contributed by atoms with van der Waals surface area (Å²) in [4.78, 5) is 1.34. The molecule has 9 aromatic rings. The van der Waals surface area contributed by atoms with Gasteiger partial charge in [0.05, 0.1) is 22.1 Å². The van der Waals surface area contributed by atoms with Crippen LogP contribution in [0.3, 0.4) is 0 Å². The largest absolute Gasteiger partial charge is 0.369 e. The van der Waals surface area contributed by atoms with E-state index in [1.54, 1.807) is 0 Å². The molecule has 2 aromatic heterocycles. The predicted octanol–water partition coefficient (Wildman–Crippen LogP) is 12.8. The first-order valence-corrected chi connectivity index (χ1v) is 19.3. The number of rotatable bonds is 5. The molecule has 0 saturated carbocycles. The lowest BCUT2D eigenvalue weighted by atomic mass is 9.91. The van der Waals surface area contributed by atoms with E-state index >= 15 is 0 Å². The Morgan fingerprint density at radius 3 is 2.04 bits per heavy atom. The van der Waals surface area contributed by atoms with Gasteiger partial charge in [-0.3, -0.25) is 0 Å². The van der Waals surface area contributed by atoms with Gasteiger partial charge in [-0.05, 0) is 77.2 Å². The van der Waals surface area contributed by atoms with Gasteiger partial charge in [-0.2, -0.15) is 0 Å². The Labute approximate surface area is 312 Å². The number of allylic oxidation sites excluding steroid dienone is 2. The van der Waals surface area contributed by atoms with Gasteiger partial charge in [-0.1, -0.05) is 145 Å². The van der Waals surface area contributed by atoms with E-state index in [-0.39, 0.29) is 5.37 Å². The van der Waals surface area contributed by atoms with E-state index in [1.807, 2.05) is 11.8 Å². The first kappa shape index (κ1) is 30.4. The summed E-state index contributed by atoms with van der Waals surface area (Å²) in [5.41, 5.74) is 13.7. The highest BCUT2D eigenvalue weighted by atomic mass is 32.2. The molecule has 0 bridgehead atoms. The minimum Gasteiger partial charge on any atom is -0.369 e. The fraction of sp³-hybridized carbons (Fsp3) is 0.0612. The van der Waals surface area contributed by atoms with Gasteiger partial charge < -0.3 is 14.5 Å². The van der Waals surface area contributed by atoms with Crippen molar-refractivity contribution >= 4 is 55.4 Å². The molecule has 1 aliphatic heterocycles. The van der Waals surface area contributed by atoms with Gasteiger partial charge in [0.2, 0.25) is 0 Å². The standard InChI is InChI=1S/C49H35N3S/c1-3-13-32(14-4-1)33-15-11-17-36(29-33)49-50-42-27-25-35(31-46(42)53-49)34-16-12-20-38(30-34)51-44-24-10-8-22-41(44)47-45(51)28-26-40-39-21-7-9-23-43(39)52(48(40)47)37-18-5-2-6-19-37/h1-24,26-31,35,49-50H,25H2. The molecule has 0 amide bonds. The maximum atomic E-state index is 3.82. The molecule has 0 spiro atoms. The number of aromatic nitrogens is 2. The summed E-state index contributed by atoms with van der Waals surface area (Å²) in [6.07, 6.45) is 5.86. The van der Waals surface area contributed by atoms with Crippen molar-refractivity contribution in [3.05, 3.63) is 204 Å². The Balaban J connectivity index is 1.00. The molecule has 2 unspecified atom stereocenters. The molecule has 7 aromatic carbocycles. The maximum absolute atomic E-state index is 3.82. The number of thioether (sulfide) groups is 1. The molecule has 1 N–H and O–H groups in total. The van der Waals surface area contributed by atoms with Crippen LogP contribution in [0.1, 0.15) is 28.8 Å². The van der Waals surface area contributed by atoms with Gasteiger partial charge in [0, 0.05) is 49.4 Å². The summed E-state index contributed by atoms with van der Waals surface area (Å²) in [5.74, 6) is 0.304. The third-order valence-electron chi connectivity index (χ3n) is 11.1. The number of hydrogen-bond acceptors (Lipinski definition) is 2. The molecule has 0 radical (unpaired) electrons. The van der Waals surface area contributed by atoms with Crippen LogP contribution in [0, 0.1) is 0 Å². The highest BCUT2D eigenvalue weighted by Gasteiger charge is 2.29. The van der Waals surface area contributed by atoms with Gasteiger partial charge in [0.15, 0.2) is 0 Å². The van der Waals surface area contributed by atoms with E-state index < -0.39 is 0 Å². The van der Waals surface area contributed by atoms with Gasteiger partial charge in [0.1, 0.15) is 5.37 Å². The molecule has 252 valence electrons. The van der Waals surface area contributed by atoms with Gasteiger partial charge >= 0.3 is 0 Å². The smallest absolute Gasteiger partial charge is 0.103 e. The van der Waals surface area contributed by atoms with E-state index in [1.165, 1.54) is 87.8 Å². The van der Waals surface area contributed by atoms with Crippen molar-refractivity contribution in [1.29, 1.82) is 0 Å². The van der Waals surface area contributed by atoms with Crippen LogP contribution in [0.5, 0.6) is 0 Å². The van der Waals surface area contributed by atoms with Crippen molar-refractivity contribution in [3.8, 4) is 22.5 Å². The molecule has 1 fully saturated rings. The van der Waals surface area contributed by atoms with Crippen molar-refractivity contribution in [3.63, 3.8) is 0 Å². The van der Waals surface area contributed by atoms with Crippen molar-refractivity contribution in [2.45, 2.75) is 17.7 Å². The fourth-order valence-corrected chi connectivity index (χ4v) is 9.87. The van der Waals surface area contributed by atoms with E-state index in [0.717, 1.165) is 6.42 Å². The number of nitrogens with zero attached hydrogens (tertiary/aromatic N) is 2. The molecule has 53 heavy (non-hydrogen) atoms. The van der Waals surface area contributed by atoms with Crippen molar-refractivity contribution < 1.29 is 0 Å².